The summed E-state index contributed by atoms with van der Waals surface area (Å²) in [7, 11) is -3.25. The topological polar surface area (TPSA) is 49.4 Å². The van der Waals surface area contributed by atoms with Crippen molar-refractivity contribution in [3.63, 3.8) is 0 Å². The lowest BCUT2D eigenvalue weighted by Crippen LogP contribution is -2.59. The van der Waals surface area contributed by atoms with Crippen LogP contribution < -0.4 is 5.32 Å². The Morgan fingerprint density at radius 2 is 2.18 bits per heavy atom. The van der Waals surface area contributed by atoms with Gasteiger partial charge in [0.1, 0.15) is 4.21 Å². The van der Waals surface area contributed by atoms with Crippen LogP contribution in [0.3, 0.4) is 0 Å². The highest BCUT2D eigenvalue weighted by molar-refractivity contribution is 9.11. The molecule has 1 aromatic rings. The summed E-state index contributed by atoms with van der Waals surface area (Å²) in [6.45, 7) is 3.29. The van der Waals surface area contributed by atoms with E-state index in [1.807, 2.05) is 0 Å². The van der Waals surface area contributed by atoms with Crippen molar-refractivity contribution in [3.8, 4) is 0 Å². The Hall–Kier alpha value is 0.0500. The molecule has 2 saturated heterocycles. The van der Waals surface area contributed by atoms with E-state index in [1.165, 1.54) is 11.3 Å². The third-order valence-corrected chi connectivity index (χ3v) is 7.38. The first kappa shape index (κ1) is 12.1. The van der Waals surface area contributed by atoms with E-state index in [2.05, 4.69) is 21.2 Å². The minimum Gasteiger partial charge on any atom is -0.316 e. The van der Waals surface area contributed by atoms with E-state index in [1.54, 1.807) is 16.4 Å². The SMILES string of the molecule is O=S(=O)(c1ccc(Br)s1)N1CC2(CCNC2)C1. The second-order valence-corrected chi connectivity index (χ2v) is 9.39. The molecule has 2 aliphatic rings. The van der Waals surface area contributed by atoms with Crippen molar-refractivity contribution < 1.29 is 8.42 Å². The van der Waals surface area contributed by atoms with Gasteiger partial charge in [-0.15, -0.1) is 11.3 Å². The van der Waals surface area contributed by atoms with Crippen molar-refractivity contribution in [2.24, 2.45) is 5.41 Å². The highest BCUT2D eigenvalue weighted by atomic mass is 79.9. The van der Waals surface area contributed by atoms with Crippen LogP contribution in [0.2, 0.25) is 0 Å². The number of thiophene rings is 1. The fraction of sp³-hybridized carbons (Fsp3) is 0.600. The molecule has 17 heavy (non-hydrogen) atoms. The molecule has 4 nitrogen and oxygen atoms in total. The molecular formula is C10H13BrN2O2S2. The lowest BCUT2D eigenvalue weighted by Gasteiger charge is -2.46. The summed E-state index contributed by atoms with van der Waals surface area (Å²) in [5.74, 6) is 0. The Morgan fingerprint density at radius 1 is 1.41 bits per heavy atom. The average Bonchev–Trinajstić information content (AvgIpc) is 2.82. The zero-order valence-corrected chi connectivity index (χ0v) is 12.4. The molecule has 94 valence electrons. The van der Waals surface area contributed by atoms with Crippen LogP contribution in [-0.4, -0.2) is 38.9 Å². The van der Waals surface area contributed by atoms with E-state index in [4.69, 9.17) is 0 Å². The molecule has 1 spiro atoms. The number of nitrogens with zero attached hydrogens (tertiary/aromatic N) is 1. The number of rotatable bonds is 2. The van der Waals surface area contributed by atoms with Crippen LogP contribution in [0.25, 0.3) is 0 Å². The van der Waals surface area contributed by atoms with Crippen LogP contribution in [0, 0.1) is 5.41 Å². The molecule has 0 unspecified atom stereocenters. The van der Waals surface area contributed by atoms with Gasteiger partial charge in [0.25, 0.3) is 10.0 Å². The first-order chi connectivity index (χ1) is 8.02. The van der Waals surface area contributed by atoms with Gasteiger partial charge in [-0.3, -0.25) is 0 Å². The van der Waals surface area contributed by atoms with Gasteiger partial charge in [0.05, 0.1) is 3.79 Å². The third kappa shape index (κ3) is 1.98. The van der Waals surface area contributed by atoms with E-state index in [0.717, 1.165) is 23.3 Å². The lowest BCUT2D eigenvalue weighted by atomic mass is 9.81. The molecule has 1 N–H and O–H groups in total. The maximum atomic E-state index is 12.3. The fourth-order valence-corrected chi connectivity index (χ4v) is 6.33. The second kappa shape index (κ2) is 4.03. The largest absolute Gasteiger partial charge is 0.316 e. The van der Waals surface area contributed by atoms with Crippen molar-refractivity contribution in [1.82, 2.24) is 9.62 Å². The predicted molar refractivity (Wildman–Crippen MR) is 70.7 cm³/mol. The summed E-state index contributed by atoms with van der Waals surface area (Å²) >= 11 is 4.57. The van der Waals surface area contributed by atoms with E-state index in [9.17, 15) is 8.42 Å². The molecule has 0 atom stereocenters. The minimum atomic E-state index is -3.25. The van der Waals surface area contributed by atoms with Gasteiger partial charge in [-0.2, -0.15) is 4.31 Å². The molecule has 2 fully saturated rings. The Kier molecular flexibility index (Phi) is 2.87. The molecule has 3 rings (SSSR count). The van der Waals surface area contributed by atoms with E-state index < -0.39 is 10.0 Å². The molecule has 0 amide bonds. The van der Waals surface area contributed by atoms with Crippen LogP contribution >= 0.6 is 27.3 Å². The summed E-state index contributed by atoms with van der Waals surface area (Å²) in [5, 5.41) is 3.30. The predicted octanol–water partition coefficient (Wildman–Crippen LogP) is 1.49. The van der Waals surface area contributed by atoms with Gasteiger partial charge in [-0.25, -0.2) is 8.42 Å². The van der Waals surface area contributed by atoms with Crippen molar-refractivity contribution in [2.45, 2.75) is 10.6 Å². The summed E-state index contributed by atoms with van der Waals surface area (Å²) in [5.41, 5.74) is 0.210. The summed E-state index contributed by atoms with van der Waals surface area (Å²) in [4.78, 5) is 0. The number of halogens is 1. The molecular weight excluding hydrogens is 324 g/mol. The van der Waals surface area contributed by atoms with Crippen molar-refractivity contribution >= 4 is 37.3 Å². The average molecular weight is 337 g/mol. The highest BCUT2D eigenvalue weighted by Gasteiger charge is 2.49. The quantitative estimate of drug-likeness (QED) is 0.890. The Bertz CT molecular complexity index is 526. The molecule has 3 heterocycles. The number of hydrogen-bond acceptors (Lipinski definition) is 4. The molecule has 2 aliphatic heterocycles. The summed E-state index contributed by atoms with van der Waals surface area (Å²) in [6.07, 6.45) is 1.09. The van der Waals surface area contributed by atoms with Gasteiger partial charge in [0.15, 0.2) is 0 Å². The standard InChI is InChI=1S/C10H13BrN2O2S2/c11-8-1-2-9(16-8)17(14,15)13-6-10(7-13)3-4-12-5-10/h1-2,12H,3-7H2. The van der Waals surface area contributed by atoms with Crippen molar-refractivity contribution in [3.05, 3.63) is 15.9 Å². The van der Waals surface area contributed by atoms with Gasteiger partial charge in [-0.1, -0.05) is 0 Å². The first-order valence-electron chi connectivity index (χ1n) is 5.48. The van der Waals surface area contributed by atoms with E-state index in [0.29, 0.717) is 17.3 Å². The smallest absolute Gasteiger partial charge is 0.252 e. The second-order valence-electron chi connectivity index (χ2n) is 4.76. The van der Waals surface area contributed by atoms with Crippen LogP contribution in [0.4, 0.5) is 0 Å². The van der Waals surface area contributed by atoms with Crippen LogP contribution in [0.1, 0.15) is 6.42 Å². The van der Waals surface area contributed by atoms with Gasteiger partial charge < -0.3 is 5.32 Å². The normalized spacial score (nSPS) is 24.1. The van der Waals surface area contributed by atoms with Crippen molar-refractivity contribution in [2.75, 3.05) is 26.2 Å². The lowest BCUT2D eigenvalue weighted by molar-refractivity contribution is 0.0919. The third-order valence-electron chi connectivity index (χ3n) is 3.50. The Morgan fingerprint density at radius 3 is 2.71 bits per heavy atom. The monoisotopic (exact) mass is 336 g/mol. The molecule has 7 heteroatoms. The fourth-order valence-electron chi connectivity index (χ4n) is 2.50. The number of nitrogens with one attached hydrogen (secondary N) is 1. The van der Waals surface area contributed by atoms with Crippen LogP contribution in [0.15, 0.2) is 20.1 Å². The van der Waals surface area contributed by atoms with Gasteiger partial charge in [0.2, 0.25) is 0 Å². The molecule has 0 radical (unpaired) electrons. The van der Waals surface area contributed by atoms with E-state index in [-0.39, 0.29) is 5.41 Å². The van der Waals surface area contributed by atoms with Crippen molar-refractivity contribution in [1.29, 1.82) is 0 Å². The summed E-state index contributed by atoms with van der Waals surface area (Å²) in [6, 6.07) is 3.45. The van der Waals surface area contributed by atoms with E-state index >= 15 is 0 Å². The molecule has 0 aliphatic carbocycles. The Balaban J connectivity index is 1.78. The molecule has 0 aromatic carbocycles. The van der Waals surface area contributed by atoms with Gasteiger partial charge >= 0.3 is 0 Å². The van der Waals surface area contributed by atoms with Gasteiger partial charge in [-0.05, 0) is 41.0 Å². The highest BCUT2D eigenvalue weighted by Crippen LogP contribution is 2.40. The zero-order chi connectivity index (χ0) is 12.1. The zero-order valence-electron chi connectivity index (χ0n) is 9.15. The minimum absolute atomic E-state index is 0.210. The maximum absolute atomic E-state index is 12.3. The number of hydrogen-bond donors (Lipinski definition) is 1. The molecule has 1 aromatic heterocycles. The summed E-state index contributed by atoms with van der Waals surface area (Å²) < 4.78 is 27.4. The van der Waals surface area contributed by atoms with Crippen LogP contribution in [0.5, 0.6) is 0 Å². The Labute approximate surface area is 113 Å². The van der Waals surface area contributed by atoms with Gasteiger partial charge in [0, 0.05) is 25.0 Å². The molecule has 0 saturated carbocycles. The first-order valence-corrected chi connectivity index (χ1v) is 8.53. The van der Waals surface area contributed by atoms with Crippen LogP contribution in [-0.2, 0) is 10.0 Å². The molecule has 0 bridgehead atoms. The maximum Gasteiger partial charge on any atom is 0.252 e. The number of sulfonamides is 1.